The normalized spacial score (nSPS) is 10.9. The number of rotatable bonds is 6. The van der Waals surface area contributed by atoms with Crippen LogP contribution in [0.1, 0.15) is 15.9 Å². The molecule has 0 bridgehead atoms. The summed E-state index contributed by atoms with van der Waals surface area (Å²) in [7, 11) is 1.28. The molecule has 0 aliphatic carbocycles. The van der Waals surface area contributed by atoms with Crippen molar-refractivity contribution in [1.82, 2.24) is 0 Å². The number of benzene rings is 3. The van der Waals surface area contributed by atoms with Crippen LogP contribution in [0.5, 0.6) is 17.2 Å². The first kappa shape index (κ1) is 22.5. The van der Waals surface area contributed by atoms with Crippen LogP contribution in [-0.2, 0) is 6.18 Å². The molecule has 3 aromatic rings. The van der Waals surface area contributed by atoms with E-state index in [1.54, 1.807) is 30.3 Å². The van der Waals surface area contributed by atoms with Gasteiger partial charge < -0.3 is 25.8 Å². The Morgan fingerprint density at radius 3 is 2.25 bits per heavy atom. The summed E-state index contributed by atoms with van der Waals surface area (Å²) in [4.78, 5) is 23.5. The maximum atomic E-state index is 12.9. The predicted octanol–water partition coefficient (Wildman–Crippen LogP) is 5.25. The van der Waals surface area contributed by atoms with Gasteiger partial charge in [-0.25, -0.2) is 4.79 Å². The Balaban J connectivity index is 1.66. The Bertz CT molecular complexity index is 1130. The highest BCUT2D eigenvalue weighted by atomic mass is 19.4. The van der Waals surface area contributed by atoms with Gasteiger partial charge >= 0.3 is 12.2 Å². The zero-order valence-corrected chi connectivity index (χ0v) is 16.7. The van der Waals surface area contributed by atoms with E-state index in [4.69, 9.17) is 15.2 Å². The monoisotopic (exact) mass is 445 g/mol. The van der Waals surface area contributed by atoms with Crippen molar-refractivity contribution in [3.63, 3.8) is 0 Å². The summed E-state index contributed by atoms with van der Waals surface area (Å²) >= 11 is 0. The van der Waals surface area contributed by atoms with Crippen LogP contribution >= 0.6 is 0 Å². The van der Waals surface area contributed by atoms with E-state index < -0.39 is 23.7 Å². The highest BCUT2D eigenvalue weighted by Crippen LogP contribution is 2.35. The van der Waals surface area contributed by atoms with Crippen molar-refractivity contribution in [2.45, 2.75) is 6.18 Å². The maximum Gasteiger partial charge on any atom is 0.416 e. The van der Waals surface area contributed by atoms with Crippen molar-refractivity contribution in [2.24, 2.45) is 5.73 Å². The average molecular weight is 445 g/mol. The summed E-state index contributed by atoms with van der Waals surface area (Å²) in [6.45, 7) is 0. The second-order valence-electron chi connectivity index (χ2n) is 6.51. The minimum atomic E-state index is -4.56. The molecule has 0 saturated heterocycles. The summed E-state index contributed by atoms with van der Waals surface area (Å²) in [5.74, 6) is 0.321. The van der Waals surface area contributed by atoms with Gasteiger partial charge in [0.05, 0.1) is 18.4 Å². The van der Waals surface area contributed by atoms with Gasteiger partial charge in [0.15, 0.2) is 0 Å². The van der Waals surface area contributed by atoms with Gasteiger partial charge in [-0.05, 0) is 60.7 Å². The third-order valence-corrected chi connectivity index (χ3v) is 4.24. The van der Waals surface area contributed by atoms with E-state index in [1.807, 2.05) is 0 Å². The van der Waals surface area contributed by atoms with Crippen molar-refractivity contribution in [1.29, 1.82) is 0 Å². The third kappa shape index (κ3) is 5.69. The van der Waals surface area contributed by atoms with Gasteiger partial charge in [-0.2, -0.15) is 13.2 Å². The molecule has 32 heavy (non-hydrogen) atoms. The molecule has 0 atom stereocenters. The molecule has 0 aliphatic heterocycles. The number of alkyl halides is 3. The number of hydrogen-bond donors (Lipinski definition) is 3. The van der Waals surface area contributed by atoms with Crippen LogP contribution in [0.2, 0.25) is 0 Å². The molecule has 0 spiro atoms. The van der Waals surface area contributed by atoms with Crippen molar-refractivity contribution < 1.29 is 32.2 Å². The number of anilines is 2. The molecule has 3 aromatic carbocycles. The summed E-state index contributed by atoms with van der Waals surface area (Å²) in [5.41, 5.74) is 4.85. The fourth-order valence-corrected chi connectivity index (χ4v) is 2.72. The topological polar surface area (TPSA) is 103 Å². The van der Waals surface area contributed by atoms with Gasteiger partial charge in [-0.1, -0.05) is 6.07 Å². The second-order valence-corrected chi connectivity index (χ2v) is 6.51. The Morgan fingerprint density at radius 1 is 0.906 bits per heavy atom. The number of primary amides is 1. The first-order chi connectivity index (χ1) is 15.2. The summed E-state index contributed by atoms with van der Waals surface area (Å²) in [6.07, 6.45) is -4.56. The van der Waals surface area contributed by atoms with Crippen molar-refractivity contribution in [3.8, 4) is 17.2 Å². The van der Waals surface area contributed by atoms with Crippen LogP contribution in [-0.4, -0.2) is 19.0 Å². The molecule has 0 saturated carbocycles. The number of urea groups is 1. The maximum absolute atomic E-state index is 12.9. The molecule has 7 nitrogen and oxygen atoms in total. The van der Waals surface area contributed by atoms with Crippen LogP contribution in [0.4, 0.5) is 29.3 Å². The lowest BCUT2D eigenvalue weighted by molar-refractivity contribution is -0.137. The molecule has 0 fully saturated rings. The number of carbonyl (C=O) groups is 2. The quantitative estimate of drug-likeness (QED) is 0.482. The zero-order chi connectivity index (χ0) is 23.3. The van der Waals surface area contributed by atoms with Gasteiger partial charge in [0, 0.05) is 11.3 Å². The van der Waals surface area contributed by atoms with Crippen LogP contribution in [0.15, 0.2) is 66.7 Å². The van der Waals surface area contributed by atoms with Crippen LogP contribution in [0.3, 0.4) is 0 Å². The predicted molar refractivity (Wildman–Crippen MR) is 112 cm³/mol. The Hall–Kier alpha value is -4.21. The number of nitrogens with two attached hydrogens (primary N) is 1. The fourth-order valence-electron chi connectivity index (χ4n) is 2.72. The number of ether oxygens (including phenoxy) is 2. The molecule has 10 heteroatoms. The third-order valence-electron chi connectivity index (χ3n) is 4.24. The minimum Gasteiger partial charge on any atom is -0.495 e. The van der Waals surface area contributed by atoms with Gasteiger partial charge in [-0.3, -0.25) is 4.79 Å². The lowest BCUT2D eigenvalue weighted by atomic mass is 10.2. The molecule has 3 rings (SSSR count). The van der Waals surface area contributed by atoms with Crippen LogP contribution < -0.4 is 25.8 Å². The highest BCUT2D eigenvalue weighted by Gasteiger charge is 2.31. The lowest BCUT2D eigenvalue weighted by Gasteiger charge is -2.14. The first-order valence-electron chi connectivity index (χ1n) is 9.17. The first-order valence-corrected chi connectivity index (χ1v) is 9.17. The van der Waals surface area contributed by atoms with E-state index in [9.17, 15) is 22.8 Å². The van der Waals surface area contributed by atoms with Crippen LogP contribution in [0.25, 0.3) is 0 Å². The number of methoxy groups -OCH3 is 1. The number of amides is 3. The van der Waals surface area contributed by atoms with Gasteiger partial charge in [0.1, 0.15) is 17.2 Å². The van der Waals surface area contributed by atoms with E-state index in [2.05, 4.69) is 10.6 Å². The highest BCUT2D eigenvalue weighted by molar-refractivity contribution is 6.00. The summed E-state index contributed by atoms with van der Waals surface area (Å²) in [5, 5.41) is 4.86. The van der Waals surface area contributed by atoms with E-state index in [0.29, 0.717) is 22.7 Å². The van der Waals surface area contributed by atoms with E-state index >= 15 is 0 Å². The standard InChI is InChI=1S/C22H18F3N3O4/c1-31-19-10-5-14(22(23,24)25)12-18(19)28-21(30)27-15-6-8-16(9-7-15)32-17-4-2-3-13(11-17)20(26)29/h2-12H,1H3,(H2,26,29)(H2,27,28,30). The van der Waals surface area contributed by atoms with Crippen molar-refractivity contribution >= 4 is 23.3 Å². The summed E-state index contributed by atoms with van der Waals surface area (Å²) < 4.78 is 49.5. The van der Waals surface area contributed by atoms with E-state index in [0.717, 1.165) is 18.2 Å². The van der Waals surface area contributed by atoms with Gasteiger partial charge in [-0.15, -0.1) is 0 Å². The molecule has 0 radical (unpaired) electrons. The van der Waals surface area contributed by atoms with Gasteiger partial charge in [0.25, 0.3) is 0 Å². The molecule has 4 N–H and O–H groups in total. The smallest absolute Gasteiger partial charge is 0.416 e. The lowest BCUT2D eigenvalue weighted by Crippen LogP contribution is -2.20. The van der Waals surface area contributed by atoms with Gasteiger partial charge in [0.2, 0.25) is 5.91 Å². The molecule has 0 aromatic heterocycles. The number of carbonyl (C=O) groups excluding carboxylic acids is 2. The van der Waals surface area contributed by atoms with Crippen LogP contribution in [0, 0.1) is 0 Å². The Labute approximate surface area is 180 Å². The Morgan fingerprint density at radius 2 is 1.62 bits per heavy atom. The zero-order valence-electron chi connectivity index (χ0n) is 16.7. The van der Waals surface area contributed by atoms with Crippen molar-refractivity contribution in [2.75, 3.05) is 17.7 Å². The second kappa shape index (κ2) is 9.29. The number of hydrogen-bond acceptors (Lipinski definition) is 4. The molecular formula is C22H18F3N3O4. The molecule has 166 valence electrons. The SMILES string of the molecule is COc1ccc(C(F)(F)F)cc1NC(=O)Nc1ccc(Oc2cccc(C(N)=O)c2)cc1. The number of nitrogens with one attached hydrogen (secondary N) is 2. The Kier molecular flexibility index (Phi) is 6.53. The molecular weight excluding hydrogens is 427 g/mol. The molecule has 3 amide bonds. The van der Waals surface area contributed by atoms with E-state index in [1.165, 1.54) is 25.3 Å². The van der Waals surface area contributed by atoms with E-state index in [-0.39, 0.29) is 11.4 Å². The molecule has 0 heterocycles. The minimum absolute atomic E-state index is 0.0788. The summed E-state index contributed by atoms with van der Waals surface area (Å²) in [6, 6.07) is 14.5. The molecule has 0 unspecified atom stereocenters. The van der Waals surface area contributed by atoms with Crippen molar-refractivity contribution in [3.05, 3.63) is 77.9 Å². The largest absolute Gasteiger partial charge is 0.495 e. The fraction of sp³-hybridized carbons (Fsp3) is 0.0909. The molecule has 0 aliphatic rings. The average Bonchev–Trinajstić information content (AvgIpc) is 2.74. The number of halogens is 3.